The summed E-state index contributed by atoms with van der Waals surface area (Å²) < 4.78 is 6.25. The number of ether oxygens (including phenoxy) is 1. The van der Waals surface area contributed by atoms with Crippen molar-refractivity contribution in [1.29, 1.82) is 0 Å². The number of hydrogen-bond acceptors (Lipinski definition) is 4. The van der Waals surface area contributed by atoms with Crippen molar-refractivity contribution in [3.63, 3.8) is 0 Å². The quantitative estimate of drug-likeness (QED) is 0.504. The van der Waals surface area contributed by atoms with Gasteiger partial charge >= 0.3 is 5.97 Å². The van der Waals surface area contributed by atoms with Gasteiger partial charge in [-0.25, -0.2) is 4.79 Å². The first-order valence-corrected chi connectivity index (χ1v) is 8.54. The van der Waals surface area contributed by atoms with Crippen molar-refractivity contribution >= 4 is 33.2 Å². The first-order chi connectivity index (χ1) is 11.5. The highest BCUT2D eigenvalue weighted by Gasteiger charge is 2.16. The molecule has 1 aromatic heterocycles. The Morgan fingerprint density at radius 2 is 1.67 bits per heavy atom. The summed E-state index contributed by atoms with van der Waals surface area (Å²) in [6.45, 7) is 5.64. The fourth-order valence-corrected chi connectivity index (χ4v) is 3.58. The maximum atomic E-state index is 12.4. The molecule has 0 amide bonds. The lowest BCUT2D eigenvalue weighted by atomic mass is 9.98. The standard InChI is InChI=1S/C20H18O3S/c1-12-8-14(3)16(9-13(12)2)17(21)11-23-20(22)19-10-15-6-4-5-7-18(15)24-19/h4-10H,11H2,1-3H3. The molecular formula is C20H18O3S. The van der Waals surface area contributed by atoms with E-state index in [4.69, 9.17) is 4.74 Å². The Kier molecular flexibility index (Phi) is 4.49. The molecule has 0 radical (unpaired) electrons. The van der Waals surface area contributed by atoms with E-state index in [1.54, 1.807) is 6.07 Å². The first-order valence-electron chi connectivity index (χ1n) is 7.72. The van der Waals surface area contributed by atoms with Crippen LogP contribution in [0.25, 0.3) is 10.1 Å². The highest BCUT2D eigenvalue weighted by molar-refractivity contribution is 7.20. The number of rotatable bonds is 4. The molecule has 0 aliphatic heterocycles. The van der Waals surface area contributed by atoms with Crippen LogP contribution in [0.3, 0.4) is 0 Å². The van der Waals surface area contributed by atoms with Crippen molar-refractivity contribution in [1.82, 2.24) is 0 Å². The van der Waals surface area contributed by atoms with Crippen LogP contribution in [0.5, 0.6) is 0 Å². The van der Waals surface area contributed by atoms with Crippen LogP contribution < -0.4 is 0 Å². The van der Waals surface area contributed by atoms with Gasteiger partial charge < -0.3 is 4.74 Å². The summed E-state index contributed by atoms with van der Waals surface area (Å²) in [4.78, 5) is 25.1. The fourth-order valence-electron chi connectivity index (χ4n) is 2.62. The third-order valence-corrected chi connectivity index (χ3v) is 5.20. The van der Waals surface area contributed by atoms with Crippen molar-refractivity contribution in [2.45, 2.75) is 20.8 Å². The molecule has 0 aliphatic carbocycles. The number of carbonyl (C=O) groups is 2. The number of hydrogen-bond donors (Lipinski definition) is 0. The van der Waals surface area contributed by atoms with E-state index < -0.39 is 5.97 Å². The molecule has 0 bridgehead atoms. The molecule has 2 aromatic carbocycles. The third kappa shape index (κ3) is 3.24. The predicted molar refractivity (Wildman–Crippen MR) is 97.1 cm³/mol. The zero-order chi connectivity index (χ0) is 17.3. The number of esters is 1. The second kappa shape index (κ2) is 6.57. The molecule has 0 saturated heterocycles. The summed E-state index contributed by atoms with van der Waals surface area (Å²) in [6.07, 6.45) is 0. The van der Waals surface area contributed by atoms with Crippen molar-refractivity contribution in [2.24, 2.45) is 0 Å². The van der Waals surface area contributed by atoms with E-state index in [1.807, 2.05) is 57.2 Å². The van der Waals surface area contributed by atoms with Crippen molar-refractivity contribution in [3.05, 3.63) is 69.6 Å². The maximum absolute atomic E-state index is 12.4. The van der Waals surface area contributed by atoms with Crippen LogP contribution in [-0.4, -0.2) is 18.4 Å². The SMILES string of the molecule is Cc1cc(C)c(C(=O)COC(=O)c2cc3ccccc3s2)cc1C. The molecule has 0 aliphatic rings. The Morgan fingerprint density at radius 3 is 2.42 bits per heavy atom. The molecular weight excluding hydrogens is 320 g/mol. The highest BCUT2D eigenvalue weighted by atomic mass is 32.1. The topological polar surface area (TPSA) is 43.4 Å². The lowest BCUT2D eigenvalue weighted by Gasteiger charge is -2.09. The second-order valence-corrected chi connectivity index (χ2v) is 6.98. The summed E-state index contributed by atoms with van der Waals surface area (Å²) in [5.74, 6) is -0.629. The Balaban J connectivity index is 1.72. The molecule has 0 N–H and O–H groups in total. The van der Waals surface area contributed by atoms with E-state index in [2.05, 4.69) is 0 Å². The summed E-state index contributed by atoms with van der Waals surface area (Å²) in [5, 5.41) is 1.01. The van der Waals surface area contributed by atoms with Gasteiger partial charge in [0.2, 0.25) is 5.78 Å². The van der Waals surface area contributed by atoms with Gasteiger partial charge in [0.1, 0.15) is 4.88 Å². The van der Waals surface area contributed by atoms with E-state index in [0.717, 1.165) is 26.8 Å². The monoisotopic (exact) mass is 338 g/mol. The molecule has 0 atom stereocenters. The van der Waals surface area contributed by atoms with Gasteiger partial charge in [0.15, 0.2) is 6.61 Å². The van der Waals surface area contributed by atoms with Gasteiger partial charge in [0.05, 0.1) is 0 Å². The van der Waals surface area contributed by atoms with Crippen molar-refractivity contribution < 1.29 is 14.3 Å². The molecule has 3 rings (SSSR count). The van der Waals surface area contributed by atoms with E-state index in [-0.39, 0.29) is 12.4 Å². The number of benzene rings is 2. The number of ketones is 1. The summed E-state index contributed by atoms with van der Waals surface area (Å²) >= 11 is 1.37. The van der Waals surface area contributed by atoms with Gasteiger partial charge in [-0.3, -0.25) is 4.79 Å². The Hall–Kier alpha value is -2.46. The van der Waals surface area contributed by atoms with Crippen LogP contribution in [0.4, 0.5) is 0 Å². The van der Waals surface area contributed by atoms with E-state index in [9.17, 15) is 9.59 Å². The Morgan fingerprint density at radius 1 is 0.958 bits per heavy atom. The maximum Gasteiger partial charge on any atom is 0.348 e. The van der Waals surface area contributed by atoms with Crippen LogP contribution in [0, 0.1) is 20.8 Å². The highest BCUT2D eigenvalue weighted by Crippen LogP contribution is 2.26. The van der Waals surface area contributed by atoms with Gasteiger partial charge in [-0.15, -0.1) is 11.3 Å². The van der Waals surface area contributed by atoms with E-state index >= 15 is 0 Å². The molecule has 1 heterocycles. The molecule has 4 heteroatoms. The van der Waals surface area contributed by atoms with Gasteiger partial charge in [-0.1, -0.05) is 24.3 Å². The van der Waals surface area contributed by atoms with E-state index in [1.165, 1.54) is 11.3 Å². The zero-order valence-electron chi connectivity index (χ0n) is 13.9. The minimum absolute atomic E-state index is 0.176. The fraction of sp³-hybridized carbons (Fsp3) is 0.200. The number of fused-ring (bicyclic) bond motifs is 1. The second-order valence-electron chi connectivity index (χ2n) is 5.90. The lowest BCUT2D eigenvalue weighted by molar-refractivity contribution is 0.0479. The average molecular weight is 338 g/mol. The number of Topliss-reactive ketones (excluding diaryl/α,β-unsaturated/α-hetero) is 1. The van der Waals surface area contributed by atoms with Gasteiger partial charge in [0, 0.05) is 10.3 Å². The molecule has 0 spiro atoms. The zero-order valence-corrected chi connectivity index (χ0v) is 14.7. The van der Waals surface area contributed by atoms with E-state index in [0.29, 0.717) is 10.4 Å². The number of aryl methyl sites for hydroxylation is 3. The van der Waals surface area contributed by atoms with Crippen LogP contribution in [-0.2, 0) is 4.74 Å². The normalized spacial score (nSPS) is 10.8. The lowest BCUT2D eigenvalue weighted by Crippen LogP contribution is -2.15. The average Bonchev–Trinajstić information content (AvgIpc) is 2.99. The largest absolute Gasteiger partial charge is 0.453 e. The molecule has 3 nitrogen and oxygen atoms in total. The minimum atomic E-state index is -0.453. The molecule has 122 valence electrons. The van der Waals surface area contributed by atoms with Crippen LogP contribution in [0.15, 0.2) is 42.5 Å². The smallest absolute Gasteiger partial charge is 0.348 e. The molecule has 0 fully saturated rings. The van der Waals surface area contributed by atoms with Gasteiger partial charge in [-0.2, -0.15) is 0 Å². The van der Waals surface area contributed by atoms with Gasteiger partial charge in [-0.05, 0) is 61.0 Å². The number of carbonyl (C=O) groups excluding carboxylic acids is 2. The Bertz CT molecular complexity index is 904. The van der Waals surface area contributed by atoms with Gasteiger partial charge in [0.25, 0.3) is 0 Å². The summed E-state index contributed by atoms with van der Waals surface area (Å²) in [5.41, 5.74) is 3.72. The van der Waals surface area contributed by atoms with Crippen molar-refractivity contribution in [3.8, 4) is 0 Å². The van der Waals surface area contributed by atoms with Crippen LogP contribution in [0.2, 0.25) is 0 Å². The minimum Gasteiger partial charge on any atom is -0.453 e. The Labute approximate surface area is 144 Å². The van der Waals surface area contributed by atoms with Crippen molar-refractivity contribution in [2.75, 3.05) is 6.61 Å². The molecule has 0 unspecified atom stereocenters. The number of thiophene rings is 1. The van der Waals surface area contributed by atoms with Crippen LogP contribution in [0.1, 0.15) is 36.7 Å². The molecule has 0 saturated carbocycles. The van der Waals surface area contributed by atoms with Crippen LogP contribution >= 0.6 is 11.3 Å². The molecule has 3 aromatic rings. The summed E-state index contributed by atoms with van der Waals surface area (Å²) in [6, 6.07) is 13.4. The first kappa shape index (κ1) is 16.4. The third-order valence-electron chi connectivity index (χ3n) is 4.10. The summed E-state index contributed by atoms with van der Waals surface area (Å²) in [7, 11) is 0. The predicted octanol–water partition coefficient (Wildman–Crippen LogP) is 4.87. The molecule has 24 heavy (non-hydrogen) atoms.